The Morgan fingerprint density at radius 3 is 2.67 bits per heavy atom. The summed E-state index contributed by atoms with van der Waals surface area (Å²) in [6, 6.07) is 11.1. The summed E-state index contributed by atoms with van der Waals surface area (Å²) < 4.78 is 18.2. The van der Waals surface area contributed by atoms with E-state index in [0.29, 0.717) is 44.9 Å². The highest BCUT2D eigenvalue weighted by atomic mass is 35.5. The molecular formula is C28H32ClN5O5S. The van der Waals surface area contributed by atoms with E-state index in [1.807, 2.05) is 12.1 Å². The van der Waals surface area contributed by atoms with E-state index in [2.05, 4.69) is 34.3 Å². The first-order chi connectivity index (χ1) is 19.3. The van der Waals surface area contributed by atoms with E-state index in [9.17, 15) is 9.59 Å². The van der Waals surface area contributed by atoms with Gasteiger partial charge in [-0.05, 0) is 57.0 Å². The fourth-order valence-electron chi connectivity index (χ4n) is 4.81. The molecule has 1 fully saturated rings. The van der Waals surface area contributed by atoms with E-state index < -0.39 is 5.97 Å². The van der Waals surface area contributed by atoms with Gasteiger partial charge in [0.2, 0.25) is 0 Å². The molecule has 10 nitrogen and oxygen atoms in total. The van der Waals surface area contributed by atoms with Gasteiger partial charge in [0.1, 0.15) is 12.3 Å². The number of esters is 1. The van der Waals surface area contributed by atoms with Gasteiger partial charge < -0.3 is 24.2 Å². The maximum atomic E-state index is 13.5. The highest BCUT2D eigenvalue weighted by Crippen LogP contribution is 2.32. The topological polar surface area (TPSA) is 112 Å². The molecule has 4 aromatic rings. The number of thiophene rings is 1. The van der Waals surface area contributed by atoms with Gasteiger partial charge in [-0.2, -0.15) is 5.10 Å². The fourth-order valence-corrected chi connectivity index (χ4v) is 5.80. The quantitative estimate of drug-likeness (QED) is 0.207. The third-order valence-corrected chi connectivity index (χ3v) is 8.25. The lowest BCUT2D eigenvalue weighted by atomic mass is 10.0. The molecule has 3 aromatic heterocycles. The Kier molecular flexibility index (Phi) is 8.84. The minimum absolute atomic E-state index is 0.0561. The van der Waals surface area contributed by atoms with Crippen LogP contribution in [0.5, 0.6) is 0 Å². The number of halogens is 1. The molecule has 1 amide bonds. The van der Waals surface area contributed by atoms with Gasteiger partial charge in [-0.1, -0.05) is 16.8 Å². The normalized spacial score (nSPS) is 14.7. The number of nitrogens with zero attached hydrogens (tertiary/aromatic N) is 4. The van der Waals surface area contributed by atoms with Gasteiger partial charge in [-0.3, -0.25) is 9.48 Å². The molecular weight excluding hydrogens is 554 g/mol. The number of carbonyl (C=O) groups is 2. The molecule has 40 heavy (non-hydrogen) atoms. The van der Waals surface area contributed by atoms with E-state index in [0.717, 1.165) is 30.8 Å². The molecule has 1 aliphatic rings. The summed E-state index contributed by atoms with van der Waals surface area (Å²) in [5, 5.41) is 12.6. The first kappa shape index (κ1) is 28.3. The second kappa shape index (κ2) is 12.5. The Bertz CT molecular complexity index is 1490. The molecule has 0 atom stereocenters. The molecule has 0 bridgehead atoms. The van der Waals surface area contributed by atoms with Crippen molar-refractivity contribution in [2.45, 2.75) is 45.3 Å². The fraction of sp³-hybridized carbons (Fsp3) is 0.429. The third-order valence-electron chi connectivity index (χ3n) is 7.00. The number of methoxy groups -OCH3 is 1. The van der Waals surface area contributed by atoms with Crippen LogP contribution in [0.15, 0.2) is 40.9 Å². The van der Waals surface area contributed by atoms with Crippen molar-refractivity contribution in [3.05, 3.63) is 57.7 Å². The SMILES string of the molecule is COCCOC(=O)c1ccc2c(c1)c(C(=O)NC1CCN(C(C)C)CC1)nn2Cc1cc(-c2ccc(Cl)s2)on1. The number of amides is 1. The summed E-state index contributed by atoms with van der Waals surface area (Å²) in [5.41, 5.74) is 1.92. The Labute approximate surface area is 241 Å². The van der Waals surface area contributed by atoms with Crippen molar-refractivity contribution in [3.63, 3.8) is 0 Å². The van der Waals surface area contributed by atoms with Crippen LogP contribution in [-0.2, 0) is 16.0 Å². The molecule has 0 spiro atoms. The number of hydrogen-bond donors (Lipinski definition) is 1. The number of nitrogens with one attached hydrogen (secondary N) is 1. The van der Waals surface area contributed by atoms with E-state index in [1.54, 1.807) is 36.1 Å². The standard InChI is InChI=1S/C28H32ClN5O5S/c1-17(2)33-10-8-19(9-11-33)30-27(35)26-21-14-18(28(36)38-13-12-37-3)4-5-22(21)34(31-26)16-20-15-23(39-32-20)24-6-7-25(29)40-24/h4-7,14-15,17,19H,8-13,16H2,1-3H3,(H,30,35). The lowest BCUT2D eigenvalue weighted by Gasteiger charge is -2.34. The van der Waals surface area contributed by atoms with E-state index >= 15 is 0 Å². The van der Waals surface area contributed by atoms with Crippen molar-refractivity contribution in [2.75, 3.05) is 33.4 Å². The number of likely N-dealkylation sites (tertiary alicyclic amines) is 1. The maximum Gasteiger partial charge on any atom is 0.338 e. The van der Waals surface area contributed by atoms with Crippen molar-refractivity contribution < 1.29 is 23.6 Å². The number of benzene rings is 1. The summed E-state index contributed by atoms with van der Waals surface area (Å²) in [5.74, 6) is -0.157. The number of fused-ring (bicyclic) bond motifs is 1. The minimum atomic E-state index is -0.491. The molecule has 12 heteroatoms. The summed E-state index contributed by atoms with van der Waals surface area (Å²) in [6.45, 7) is 6.94. The van der Waals surface area contributed by atoms with Gasteiger partial charge in [-0.15, -0.1) is 11.3 Å². The molecule has 5 rings (SSSR count). The zero-order valence-electron chi connectivity index (χ0n) is 22.7. The van der Waals surface area contributed by atoms with E-state index in [4.69, 9.17) is 25.6 Å². The number of rotatable bonds is 10. The van der Waals surface area contributed by atoms with Gasteiger partial charge in [0.25, 0.3) is 5.91 Å². The second-order valence-electron chi connectivity index (χ2n) is 10.0. The van der Waals surface area contributed by atoms with Gasteiger partial charge in [0, 0.05) is 43.7 Å². The Morgan fingerprint density at radius 1 is 1.18 bits per heavy atom. The molecule has 1 N–H and O–H groups in total. The first-order valence-electron chi connectivity index (χ1n) is 13.2. The smallest absolute Gasteiger partial charge is 0.338 e. The highest BCUT2D eigenvalue weighted by Gasteiger charge is 2.26. The molecule has 0 unspecified atom stereocenters. The van der Waals surface area contributed by atoms with Crippen LogP contribution in [0.1, 0.15) is 53.2 Å². The van der Waals surface area contributed by atoms with Crippen LogP contribution in [0.4, 0.5) is 0 Å². The lowest BCUT2D eigenvalue weighted by molar-refractivity contribution is 0.0388. The Balaban J connectivity index is 1.41. The molecule has 4 heterocycles. The van der Waals surface area contributed by atoms with E-state index in [-0.39, 0.29) is 30.8 Å². The van der Waals surface area contributed by atoms with Gasteiger partial charge in [-0.25, -0.2) is 4.79 Å². The van der Waals surface area contributed by atoms with Crippen molar-refractivity contribution >= 4 is 45.7 Å². The number of hydrogen-bond acceptors (Lipinski definition) is 9. The van der Waals surface area contributed by atoms with Crippen molar-refractivity contribution in [3.8, 4) is 10.6 Å². The summed E-state index contributed by atoms with van der Waals surface area (Å²) in [6.07, 6.45) is 1.74. The summed E-state index contributed by atoms with van der Waals surface area (Å²) in [7, 11) is 1.54. The lowest BCUT2D eigenvalue weighted by Crippen LogP contribution is -2.46. The third kappa shape index (κ3) is 6.38. The van der Waals surface area contributed by atoms with Gasteiger partial charge in [0.15, 0.2) is 11.5 Å². The molecule has 1 aromatic carbocycles. The average molecular weight is 586 g/mol. The summed E-state index contributed by atoms with van der Waals surface area (Å²) in [4.78, 5) is 29.4. The predicted octanol–water partition coefficient (Wildman–Crippen LogP) is 4.86. The molecule has 1 saturated heterocycles. The zero-order valence-corrected chi connectivity index (χ0v) is 24.3. The number of ether oxygens (including phenoxy) is 2. The van der Waals surface area contributed by atoms with Crippen LogP contribution in [-0.4, -0.2) is 77.2 Å². The van der Waals surface area contributed by atoms with Crippen molar-refractivity contribution in [2.24, 2.45) is 0 Å². The highest BCUT2D eigenvalue weighted by molar-refractivity contribution is 7.19. The predicted molar refractivity (Wildman–Crippen MR) is 153 cm³/mol. The largest absolute Gasteiger partial charge is 0.460 e. The minimum Gasteiger partial charge on any atom is -0.460 e. The van der Waals surface area contributed by atoms with Crippen LogP contribution < -0.4 is 5.32 Å². The van der Waals surface area contributed by atoms with Crippen LogP contribution in [0.25, 0.3) is 21.5 Å². The van der Waals surface area contributed by atoms with Crippen LogP contribution >= 0.6 is 22.9 Å². The Morgan fingerprint density at radius 2 is 1.98 bits per heavy atom. The Hall–Kier alpha value is -3.25. The maximum absolute atomic E-state index is 13.5. The number of piperidine rings is 1. The average Bonchev–Trinajstić information content (AvgIpc) is 3.68. The zero-order chi connectivity index (χ0) is 28.2. The molecule has 0 saturated carbocycles. The van der Waals surface area contributed by atoms with Crippen LogP contribution in [0.2, 0.25) is 4.34 Å². The number of carbonyl (C=O) groups excluding carboxylic acids is 2. The van der Waals surface area contributed by atoms with Crippen molar-refractivity contribution in [1.29, 1.82) is 0 Å². The summed E-state index contributed by atoms with van der Waals surface area (Å²) >= 11 is 7.47. The molecule has 0 aliphatic carbocycles. The van der Waals surface area contributed by atoms with Crippen molar-refractivity contribution in [1.82, 2.24) is 25.2 Å². The second-order valence-corrected chi connectivity index (χ2v) is 11.7. The monoisotopic (exact) mass is 585 g/mol. The molecule has 0 radical (unpaired) electrons. The number of aromatic nitrogens is 3. The van der Waals surface area contributed by atoms with Crippen LogP contribution in [0.3, 0.4) is 0 Å². The molecule has 212 valence electrons. The van der Waals surface area contributed by atoms with E-state index in [1.165, 1.54) is 11.3 Å². The van der Waals surface area contributed by atoms with Crippen LogP contribution in [0, 0.1) is 0 Å². The van der Waals surface area contributed by atoms with Gasteiger partial charge in [0.05, 0.1) is 33.4 Å². The first-order valence-corrected chi connectivity index (χ1v) is 14.4. The molecule has 1 aliphatic heterocycles. The van der Waals surface area contributed by atoms with Gasteiger partial charge >= 0.3 is 5.97 Å².